The van der Waals surface area contributed by atoms with E-state index in [1.807, 2.05) is 0 Å². The Balaban J connectivity index is 2.03. The van der Waals surface area contributed by atoms with Crippen LogP contribution in [0.15, 0.2) is 24.3 Å². The van der Waals surface area contributed by atoms with Crippen LogP contribution in [0.1, 0.15) is 50.8 Å². The van der Waals surface area contributed by atoms with Crippen LogP contribution in [0.5, 0.6) is 0 Å². The summed E-state index contributed by atoms with van der Waals surface area (Å²) in [5.41, 5.74) is 2.79. The number of hydrogen-bond acceptors (Lipinski definition) is 2. The number of hydrogen-bond donors (Lipinski definition) is 1. The summed E-state index contributed by atoms with van der Waals surface area (Å²) in [6.07, 6.45) is 2.53. The van der Waals surface area contributed by atoms with E-state index in [2.05, 4.69) is 62.2 Å². The smallest absolute Gasteiger partial charge is 0.0320 e. The zero-order valence-corrected chi connectivity index (χ0v) is 13.5. The first-order chi connectivity index (χ1) is 9.56. The van der Waals surface area contributed by atoms with Gasteiger partial charge in [-0.2, -0.15) is 0 Å². The molecule has 0 saturated carbocycles. The average Bonchev–Trinajstić information content (AvgIpc) is 2.63. The fourth-order valence-electron chi connectivity index (χ4n) is 3.16. The fraction of sp³-hybridized carbons (Fsp3) is 0.667. The quantitative estimate of drug-likeness (QED) is 0.899. The molecule has 1 N–H and O–H groups in total. The van der Waals surface area contributed by atoms with E-state index in [9.17, 15) is 0 Å². The van der Waals surface area contributed by atoms with Crippen molar-refractivity contribution in [2.45, 2.75) is 52.6 Å². The molecule has 0 amide bonds. The van der Waals surface area contributed by atoms with Crippen molar-refractivity contribution >= 4 is 0 Å². The van der Waals surface area contributed by atoms with Crippen molar-refractivity contribution in [1.82, 2.24) is 10.2 Å². The minimum atomic E-state index is 0.519. The third-order valence-electron chi connectivity index (χ3n) is 4.37. The van der Waals surface area contributed by atoms with Crippen molar-refractivity contribution in [2.24, 2.45) is 5.92 Å². The van der Waals surface area contributed by atoms with Gasteiger partial charge in [0.15, 0.2) is 0 Å². The van der Waals surface area contributed by atoms with E-state index >= 15 is 0 Å². The van der Waals surface area contributed by atoms with E-state index in [1.54, 1.807) is 0 Å². The van der Waals surface area contributed by atoms with Gasteiger partial charge < -0.3 is 5.32 Å². The molecule has 20 heavy (non-hydrogen) atoms. The highest BCUT2D eigenvalue weighted by Gasteiger charge is 2.22. The van der Waals surface area contributed by atoms with Crippen molar-refractivity contribution < 1.29 is 0 Å². The molecule has 0 bridgehead atoms. The Labute approximate surface area is 124 Å². The van der Waals surface area contributed by atoms with Crippen LogP contribution in [0.25, 0.3) is 0 Å². The maximum atomic E-state index is 3.72. The fourth-order valence-corrected chi connectivity index (χ4v) is 3.16. The van der Waals surface area contributed by atoms with Crippen LogP contribution in [0.4, 0.5) is 0 Å². The van der Waals surface area contributed by atoms with Crippen LogP contribution < -0.4 is 5.32 Å². The molecule has 1 aromatic carbocycles. The van der Waals surface area contributed by atoms with E-state index in [4.69, 9.17) is 0 Å². The molecule has 2 nitrogen and oxygen atoms in total. The second-order valence-corrected chi connectivity index (χ2v) is 6.72. The molecule has 1 fully saturated rings. The standard InChI is InChI=1S/C18H30N2/c1-14(2)12-18-13-20(11-5-10-19-18)16(4)17-8-6-15(3)7-9-17/h6-9,14,16,18-19H,5,10-13H2,1-4H3. The summed E-state index contributed by atoms with van der Waals surface area (Å²) in [6, 6.07) is 10.2. The first-order valence-corrected chi connectivity index (χ1v) is 8.10. The van der Waals surface area contributed by atoms with Gasteiger partial charge in [0, 0.05) is 25.2 Å². The molecule has 1 aliphatic rings. The number of rotatable bonds is 4. The third kappa shape index (κ3) is 4.32. The summed E-state index contributed by atoms with van der Waals surface area (Å²) >= 11 is 0. The van der Waals surface area contributed by atoms with Crippen molar-refractivity contribution in [3.63, 3.8) is 0 Å². The minimum absolute atomic E-state index is 0.519. The minimum Gasteiger partial charge on any atom is -0.313 e. The molecule has 1 aliphatic heterocycles. The molecular formula is C18H30N2. The molecule has 0 radical (unpaired) electrons. The Bertz CT molecular complexity index is 396. The lowest BCUT2D eigenvalue weighted by Gasteiger charge is -2.31. The molecule has 0 aliphatic carbocycles. The molecule has 1 heterocycles. The molecule has 0 spiro atoms. The zero-order chi connectivity index (χ0) is 14.5. The van der Waals surface area contributed by atoms with Crippen molar-refractivity contribution in [2.75, 3.05) is 19.6 Å². The largest absolute Gasteiger partial charge is 0.313 e. The number of nitrogens with zero attached hydrogens (tertiary/aromatic N) is 1. The Morgan fingerprint density at radius 3 is 2.55 bits per heavy atom. The maximum Gasteiger partial charge on any atom is 0.0320 e. The first kappa shape index (κ1) is 15.5. The van der Waals surface area contributed by atoms with Crippen molar-refractivity contribution in [3.05, 3.63) is 35.4 Å². The normalized spacial score (nSPS) is 22.8. The third-order valence-corrected chi connectivity index (χ3v) is 4.37. The van der Waals surface area contributed by atoms with E-state index in [0.29, 0.717) is 12.1 Å². The molecule has 2 unspecified atom stereocenters. The summed E-state index contributed by atoms with van der Waals surface area (Å²) in [4.78, 5) is 2.65. The van der Waals surface area contributed by atoms with Gasteiger partial charge in [0.1, 0.15) is 0 Å². The second kappa shape index (κ2) is 7.24. The Morgan fingerprint density at radius 1 is 1.20 bits per heavy atom. The van der Waals surface area contributed by atoms with Crippen LogP contribution >= 0.6 is 0 Å². The highest BCUT2D eigenvalue weighted by molar-refractivity contribution is 5.23. The van der Waals surface area contributed by atoms with Gasteiger partial charge in [-0.25, -0.2) is 0 Å². The predicted octanol–water partition coefficient (Wildman–Crippen LogP) is 3.77. The molecule has 0 aromatic heterocycles. The van der Waals surface area contributed by atoms with Gasteiger partial charge in [-0.05, 0) is 44.7 Å². The lowest BCUT2D eigenvalue weighted by molar-refractivity contribution is 0.199. The average molecular weight is 274 g/mol. The summed E-state index contributed by atoms with van der Waals surface area (Å²) in [6.45, 7) is 12.7. The molecule has 2 heteroatoms. The highest BCUT2D eigenvalue weighted by Crippen LogP contribution is 2.23. The van der Waals surface area contributed by atoms with E-state index < -0.39 is 0 Å². The van der Waals surface area contributed by atoms with Gasteiger partial charge in [-0.3, -0.25) is 4.90 Å². The number of benzene rings is 1. The molecule has 1 aromatic rings. The summed E-state index contributed by atoms with van der Waals surface area (Å²) < 4.78 is 0. The van der Waals surface area contributed by atoms with Crippen LogP contribution in [-0.4, -0.2) is 30.6 Å². The summed E-state index contributed by atoms with van der Waals surface area (Å²) in [7, 11) is 0. The lowest BCUT2D eigenvalue weighted by Crippen LogP contribution is -2.39. The molecule has 112 valence electrons. The monoisotopic (exact) mass is 274 g/mol. The zero-order valence-electron chi connectivity index (χ0n) is 13.5. The van der Waals surface area contributed by atoms with Gasteiger partial charge >= 0.3 is 0 Å². The van der Waals surface area contributed by atoms with Crippen LogP contribution in [0, 0.1) is 12.8 Å². The summed E-state index contributed by atoms with van der Waals surface area (Å²) in [5, 5.41) is 3.72. The molecule has 2 atom stereocenters. The van der Waals surface area contributed by atoms with Crippen molar-refractivity contribution in [3.8, 4) is 0 Å². The predicted molar refractivity (Wildman–Crippen MR) is 87.0 cm³/mol. The van der Waals surface area contributed by atoms with Crippen molar-refractivity contribution in [1.29, 1.82) is 0 Å². The van der Waals surface area contributed by atoms with Gasteiger partial charge in [0.2, 0.25) is 0 Å². The van der Waals surface area contributed by atoms with E-state index in [-0.39, 0.29) is 0 Å². The van der Waals surface area contributed by atoms with Gasteiger partial charge in [0.25, 0.3) is 0 Å². The first-order valence-electron chi connectivity index (χ1n) is 8.10. The lowest BCUT2D eigenvalue weighted by atomic mass is 10.0. The summed E-state index contributed by atoms with van der Waals surface area (Å²) in [5.74, 6) is 0.766. The van der Waals surface area contributed by atoms with Gasteiger partial charge in [-0.1, -0.05) is 43.7 Å². The van der Waals surface area contributed by atoms with E-state index in [1.165, 1.54) is 37.1 Å². The van der Waals surface area contributed by atoms with Gasteiger partial charge in [0.05, 0.1) is 0 Å². The maximum absolute atomic E-state index is 3.72. The Kier molecular flexibility index (Phi) is 5.62. The number of aryl methyl sites for hydroxylation is 1. The Hall–Kier alpha value is -0.860. The highest BCUT2D eigenvalue weighted by atomic mass is 15.2. The van der Waals surface area contributed by atoms with E-state index in [0.717, 1.165) is 12.5 Å². The van der Waals surface area contributed by atoms with Crippen LogP contribution in [0.2, 0.25) is 0 Å². The SMILES string of the molecule is Cc1ccc(C(C)N2CCCNC(CC(C)C)C2)cc1. The molecular weight excluding hydrogens is 244 g/mol. The number of nitrogens with one attached hydrogen (secondary N) is 1. The topological polar surface area (TPSA) is 15.3 Å². The molecule has 1 saturated heterocycles. The van der Waals surface area contributed by atoms with Gasteiger partial charge in [-0.15, -0.1) is 0 Å². The molecule has 2 rings (SSSR count). The Morgan fingerprint density at radius 2 is 1.90 bits per heavy atom. The van der Waals surface area contributed by atoms with Crippen LogP contribution in [0.3, 0.4) is 0 Å². The van der Waals surface area contributed by atoms with Crippen LogP contribution in [-0.2, 0) is 0 Å². The second-order valence-electron chi connectivity index (χ2n) is 6.72.